The molecule has 1 aromatic carbocycles. The molecule has 5 nitrogen and oxygen atoms in total. The van der Waals surface area contributed by atoms with Gasteiger partial charge in [-0.2, -0.15) is 5.26 Å². The van der Waals surface area contributed by atoms with Crippen molar-refractivity contribution >= 4 is 10.0 Å². The number of rotatable bonds is 6. The highest BCUT2D eigenvalue weighted by molar-refractivity contribution is 7.88. The van der Waals surface area contributed by atoms with E-state index in [1.54, 1.807) is 31.2 Å². The predicted octanol–water partition coefficient (Wildman–Crippen LogP) is 1.01. The number of nitriles is 1. The molecule has 0 fully saturated rings. The molecule has 1 unspecified atom stereocenters. The van der Waals surface area contributed by atoms with E-state index in [2.05, 4.69) is 4.72 Å². The van der Waals surface area contributed by atoms with Gasteiger partial charge < -0.3 is 4.74 Å². The minimum atomic E-state index is -3.45. The lowest BCUT2D eigenvalue weighted by Gasteiger charge is -2.11. The topological polar surface area (TPSA) is 79.2 Å². The highest BCUT2D eigenvalue weighted by Crippen LogP contribution is 2.10. The standard InChI is InChI=1S/C12H16N2O3S/c1-10(17-2)8-14-18(15,16)9-12-6-4-3-5-11(12)7-13/h3-6,10,14H,8-9H2,1-2H3. The van der Waals surface area contributed by atoms with E-state index in [-0.39, 0.29) is 18.4 Å². The first kappa shape index (κ1) is 14.6. The van der Waals surface area contributed by atoms with Crippen LogP contribution in [-0.2, 0) is 20.5 Å². The van der Waals surface area contributed by atoms with Crippen molar-refractivity contribution in [2.24, 2.45) is 0 Å². The molecule has 18 heavy (non-hydrogen) atoms. The molecule has 1 N–H and O–H groups in total. The van der Waals surface area contributed by atoms with Crippen molar-refractivity contribution in [3.8, 4) is 6.07 Å². The number of sulfonamides is 1. The van der Waals surface area contributed by atoms with Crippen LogP contribution in [0.4, 0.5) is 0 Å². The third-order valence-corrected chi connectivity index (χ3v) is 3.77. The van der Waals surface area contributed by atoms with Crippen LogP contribution in [0.15, 0.2) is 24.3 Å². The first-order valence-electron chi connectivity index (χ1n) is 5.46. The first-order chi connectivity index (χ1) is 8.48. The number of hydrogen-bond donors (Lipinski definition) is 1. The van der Waals surface area contributed by atoms with Crippen LogP contribution < -0.4 is 4.72 Å². The van der Waals surface area contributed by atoms with Gasteiger partial charge in [0.15, 0.2) is 0 Å². The Morgan fingerprint density at radius 3 is 2.72 bits per heavy atom. The van der Waals surface area contributed by atoms with Crippen LogP contribution in [0.1, 0.15) is 18.1 Å². The fraction of sp³-hybridized carbons (Fsp3) is 0.417. The summed E-state index contributed by atoms with van der Waals surface area (Å²) in [6.45, 7) is 1.99. The Labute approximate surface area is 107 Å². The molecule has 6 heteroatoms. The van der Waals surface area contributed by atoms with Gasteiger partial charge in [-0.1, -0.05) is 18.2 Å². The Kier molecular flexibility index (Phi) is 5.28. The van der Waals surface area contributed by atoms with Gasteiger partial charge in [-0.15, -0.1) is 0 Å². The summed E-state index contributed by atoms with van der Waals surface area (Å²) in [4.78, 5) is 0. The third-order valence-electron chi connectivity index (χ3n) is 2.48. The zero-order valence-electron chi connectivity index (χ0n) is 10.4. The van der Waals surface area contributed by atoms with E-state index in [1.165, 1.54) is 7.11 Å². The summed E-state index contributed by atoms with van der Waals surface area (Å²) >= 11 is 0. The molecule has 1 aromatic rings. The number of benzene rings is 1. The Balaban J connectivity index is 2.74. The zero-order valence-corrected chi connectivity index (χ0v) is 11.2. The van der Waals surface area contributed by atoms with E-state index < -0.39 is 10.0 Å². The van der Waals surface area contributed by atoms with Gasteiger partial charge in [0.1, 0.15) is 0 Å². The molecule has 0 saturated carbocycles. The lowest BCUT2D eigenvalue weighted by atomic mass is 10.1. The number of nitrogens with zero attached hydrogens (tertiary/aromatic N) is 1. The smallest absolute Gasteiger partial charge is 0.215 e. The summed E-state index contributed by atoms with van der Waals surface area (Å²) in [5.74, 6) is -0.201. The molecule has 1 rings (SSSR count). The van der Waals surface area contributed by atoms with Crippen molar-refractivity contribution in [2.45, 2.75) is 18.8 Å². The summed E-state index contributed by atoms with van der Waals surface area (Å²) in [5, 5.41) is 8.89. The van der Waals surface area contributed by atoms with Crippen molar-refractivity contribution in [3.05, 3.63) is 35.4 Å². The summed E-state index contributed by atoms with van der Waals surface area (Å²) in [6, 6.07) is 8.63. The lowest BCUT2D eigenvalue weighted by molar-refractivity contribution is 0.122. The summed E-state index contributed by atoms with van der Waals surface area (Å²) in [6.07, 6.45) is -0.189. The molecule has 0 saturated heterocycles. The third kappa shape index (κ3) is 4.45. The average Bonchev–Trinajstić information content (AvgIpc) is 2.36. The van der Waals surface area contributed by atoms with Gasteiger partial charge in [0.25, 0.3) is 0 Å². The SMILES string of the molecule is COC(C)CNS(=O)(=O)Cc1ccccc1C#N. The van der Waals surface area contributed by atoms with E-state index in [1.807, 2.05) is 6.07 Å². The lowest BCUT2D eigenvalue weighted by Crippen LogP contribution is -2.32. The molecule has 1 atom stereocenters. The Morgan fingerprint density at radius 1 is 1.44 bits per heavy atom. The Morgan fingerprint density at radius 2 is 2.11 bits per heavy atom. The molecule has 0 heterocycles. The number of nitrogens with one attached hydrogen (secondary N) is 1. The van der Waals surface area contributed by atoms with E-state index in [4.69, 9.17) is 10.00 Å². The van der Waals surface area contributed by atoms with Crippen LogP contribution in [0.2, 0.25) is 0 Å². The molecule has 0 aliphatic rings. The highest BCUT2D eigenvalue weighted by atomic mass is 32.2. The molecule has 0 radical (unpaired) electrons. The predicted molar refractivity (Wildman–Crippen MR) is 68.3 cm³/mol. The second kappa shape index (κ2) is 6.50. The van der Waals surface area contributed by atoms with Gasteiger partial charge in [-0.3, -0.25) is 0 Å². The molecule has 0 aromatic heterocycles. The van der Waals surface area contributed by atoms with Crippen molar-refractivity contribution in [1.82, 2.24) is 4.72 Å². The summed E-state index contributed by atoms with van der Waals surface area (Å²) in [5.41, 5.74) is 0.875. The van der Waals surface area contributed by atoms with Gasteiger partial charge in [0, 0.05) is 13.7 Å². The monoisotopic (exact) mass is 268 g/mol. The molecule has 0 amide bonds. The van der Waals surface area contributed by atoms with E-state index in [0.717, 1.165) is 0 Å². The first-order valence-corrected chi connectivity index (χ1v) is 7.12. The van der Waals surface area contributed by atoms with Crippen LogP contribution in [0.25, 0.3) is 0 Å². The van der Waals surface area contributed by atoms with Gasteiger partial charge in [0.2, 0.25) is 10.0 Å². The number of ether oxygens (including phenoxy) is 1. The minimum Gasteiger partial charge on any atom is -0.380 e. The van der Waals surface area contributed by atoms with Crippen molar-refractivity contribution in [1.29, 1.82) is 5.26 Å². The maximum atomic E-state index is 11.8. The maximum absolute atomic E-state index is 11.8. The average molecular weight is 268 g/mol. The second-order valence-electron chi connectivity index (χ2n) is 3.92. The van der Waals surface area contributed by atoms with Crippen LogP contribution in [0.3, 0.4) is 0 Å². The van der Waals surface area contributed by atoms with E-state index in [9.17, 15) is 8.42 Å². The van der Waals surface area contributed by atoms with E-state index >= 15 is 0 Å². The molecule has 0 aliphatic heterocycles. The highest BCUT2D eigenvalue weighted by Gasteiger charge is 2.14. The molecular formula is C12H16N2O3S. The maximum Gasteiger partial charge on any atom is 0.215 e. The fourth-order valence-electron chi connectivity index (χ4n) is 1.34. The number of hydrogen-bond acceptors (Lipinski definition) is 4. The van der Waals surface area contributed by atoms with Crippen LogP contribution in [0.5, 0.6) is 0 Å². The second-order valence-corrected chi connectivity index (χ2v) is 5.73. The Bertz CT molecular complexity index is 534. The van der Waals surface area contributed by atoms with E-state index in [0.29, 0.717) is 11.1 Å². The fourth-order valence-corrected chi connectivity index (χ4v) is 2.59. The molecular weight excluding hydrogens is 252 g/mol. The van der Waals surface area contributed by atoms with Crippen LogP contribution in [0, 0.1) is 11.3 Å². The Hall–Kier alpha value is -1.42. The quantitative estimate of drug-likeness (QED) is 0.835. The van der Waals surface area contributed by atoms with Gasteiger partial charge >= 0.3 is 0 Å². The molecule has 98 valence electrons. The molecule has 0 bridgehead atoms. The van der Waals surface area contributed by atoms with Gasteiger partial charge in [-0.25, -0.2) is 13.1 Å². The molecule has 0 aliphatic carbocycles. The van der Waals surface area contributed by atoms with Crippen molar-refractivity contribution in [3.63, 3.8) is 0 Å². The summed E-state index contributed by atoms with van der Waals surface area (Å²) in [7, 11) is -1.94. The number of methoxy groups -OCH3 is 1. The molecule has 0 spiro atoms. The summed E-state index contributed by atoms with van der Waals surface area (Å²) < 4.78 is 31.0. The normalized spacial score (nSPS) is 12.9. The van der Waals surface area contributed by atoms with Gasteiger partial charge in [-0.05, 0) is 18.6 Å². The van der Waals surface area contributed by atoms with Crippen LogP contribution in [-0.4, -0.2) is 28.2 Å². The van der Waals surface area contributed by atoms with Crippen LogP contribution >= 0.6 is 0 Å². The zero-order chi connectivity index (χ0) is 13.6. The largest absolute Gasteiger partial charge is 0.380 e. The van der Waals surface area contributed by atoms with Crippen molar-refractivity contribution < 1.29 is 13.2 Å². The van der Waals surface area contributed by atoms with Gasteiger partial charge in [0.05, 0.1) is 23.5 Å². The van der Waals surface area contributed by atoms with Crippen molar-refractivity contribution in [2.75, 3.05) is 13.7 Å². The minimum absolute atomic E-state index is 0.189.